The van der Waals surface area contributed by atoms with Crippen LogP contribution in [0.2, 0.25) is 0 Å². The zero-order chi connectivity index (χ0) is 35.9. The van der Waals surface area contributed by atoms with Gasteiger partial charge in [0.25, 0.3) is 0 Å². The van der Waals surface area contributed by atoms with Gasteiger partial charge in [0.15, 0.2) is 12.1 Å². The van der Waals surface area contributed by atoms with Gasteiger partial charge in [-0.15, -0.1) is 0 Å². The van der Waals surface area contributed by atoms with Crippen LogP contribution in [0.3, 0.4) is 0 Å². The Kier molecular flexibility index (Phi) is 12.0. The van der Waals surface area contributed by atoms with Crippen molar-refractivity contribution < 1.29 is 41.8 Å². The molecule has 1 fully saturated rings. The van der Waals surface area contributed by atoms with Gasteiger partial charge in [0.05, 0.1) is 41.3 Å². The molecule has 0 aliphatic carbocycles. The van der Waals surface area contributed by atoms with Crippen LogP contribution in [-0.4, -0.2) is 54.4 Å². The highest BCUT2D eigenvalue weighted by Crippen LogP contribution is 2.42. The van der Waals surface area contributed by atoms with Gasteiger partial charge in [0.1, 0.15) is 5.60 Å². The van der Waals surface area contributed by atoms with Crippen molar-refractivity contribution in [2.24, 2.45) is 0 Å². The predicted molar refractivity (Wildman–Crippen MR) is 180 cm³/mol. The van der Waals surface area contributed by atoms with Crippen LogP contribution in [-0.2, 0) is 31.8 Å². The first-order valence-corrected chi connectivity index (χ1v) is 16.1. The number of nitrogens with one attached hydrogen (secondary N) is 2. The summed E-state index contributed by atoms with van der Waals surface area (Å²) in [6.45, 7) is 9.26. The lowest BCUT2D eigenvalue weighted by atomic mass is 10.00. The van der Waals surface area contributed by atoms with E-state index < -0.39 is 41.5 Å². The van der Waals surface area contributed by atoms with Crippen LogP contribution < -0.4 is 15.5 Å². The number of anilines is 3. The molecular formula is C36H43F3N4O6. The van der Waals surface area contributed by atoms with E-state index in [-0.39, 0.29) is 41.6 Å². The molecule has 13 heteroatoms. The maximum Gasteiger partial charge on any atom is 0.418 e. The van der Waals surface area contributed by atoms with Gasteiger partial charge in [-0.25, -0.2) is 4.79 Å². The second-order valence-corrected chi connectivity index (χ2v) is 13.1. The fraction of sp³-hybridized carbons (Fsp3) is 0.444. The van der Waals surface area contributed by atoms with Gasteiger partial charge in [0.2, 0.25) is 5.91 Å². The molecule has 2 aromatic carbocycles. The van der Waals surface area contributed by atoms with Gasteiger partial charge < -0.3 is 24.4 Å². The normalized spacial score (nSPS) is 15.1. The van der Waals surface area contributed by atoms with E-state index in [1.807, 2.05) is 12.1 Å². The molecule has 0 saturated carbocycles. The second kappa shape index (κ2) is 15.8. The van der Waals surface area contributed by atoms with E-state index in [1.165, 1.54) is 11.9 Å². The number of carbonyl (C=O) groups excluding carboxylic acids is 3. The molecule has 2 amide bonds. The topological polar surface area (TPSA) is 119 Å². The van der Waals surface area contributed by atoms with Crippen LogP contribution in [0, 0.1) is 0 Å². The van der Waals surface area contributed by atoms with E-state index in [0.717, 1.165) is 37.0 Å². The standard InChI is InChI=1S/C36H43F3N4O6/c1-22(2)43(6)30-19-29(42-34(46)49-35(3,4)5)28(18-27(30)36(37,38)39)41-32(45)20-31(44)25-11-9-10-23(16-25)24-13-14-40-26(17-24)21-48-33-12-7-8-15-47-33/h9-11,13-14,16-19,22,33H,7-8,12,15,20-21H2,1-6H3,(H,41,45)(H,42,46). The first-order valence-electron chi connectivity index (χ1n) is 16.1. The van der Waals surface area contributed by atoms with Gasteiger partial charge >= 0.3 is 12.3 Å². The smallest absolute Gasteiger partial charge is 0.418 e. The Balaban J connectivity index is 1.54. The summed E-state index contributed by atoms with van der Waals surface area (Å²) in [6.07, 6.45) is -2.14. The molecule has 1 atom stereocenters. The maximum atomic E-state index is 14.2. The number of rotatable bonds is 11. The number of carbonyl (C=O) groups is 3. The Labute approximate surface area is 284 Å². The van der Waals surface area contributed by atoms with E-state index in [0.29, 0.717) is 17.9 Å². The van der Waals surface area contributed by atoms with Crippen LogP contribution in [0.1, 0.15) is 81.9 Å². The molecule has 2 heterocycles. The van der Waals surface area contributed by atoms with Crippen molar-refractivity contribution in [2.45, 2.75) is 91.0 Å². The van der Waals surface area contributed by atoms with Crippen molar-refractivity contribution in [3.63, 3.8) is 0 Å². The third kappa shape index (κ3) is 10.8. The third-order valence-electron chi connectivity index (χ3n) is 7.72. The molecule has 1 aromatic heterocycles. The van der Waals surface area contributed by atoms with Gasteiger partial charge in [0, 0.05) is 31.5 Å². The highest BCUT2D eigenvalue weighted by Gasteiger charge is 2.36. The van der Waals surface area contributed by atoms with Crippen molar-refractivity contribution in [3.05, 3.63) is 71.5 Å². The minimum absolute atomic E-state index is 0.125. The largest absolute Gasteiger partial charge is 0.444 e. The number of hydrogen-bond acceptors (Lipinski definition) is 8. The number of alkyl halides is 3. The van der Waals surface area contributed by atoms with Crippen LogP contribution in [0.15, 0.2) is 54.7 Å². The van der Waals surface area contributed by atoms with E-state index >= 15 is 0 Å². The number of nitrogens with zero attached hydrogens (tertiary/aromatic N) is 2. The Bertz CT molecular complexity index is 1650. The van der Waals surface area contributed by atoms with Crippen LogP contribution in [0.4, 0.5) is 35.0 Å². The predicted octanol–water partition coefficient (Wildman–Crippen LogP) is 8.21. The first kappa shape index (κ1) is 37.3. The number of pyridine rings is 1. The van der Waals surface area contributed by atoms with Crippen molar-refractivity contribution in [1.29, 1.82) is 0 Å². The number of benzene rings is 2. The van der Waals surface area contributed by atoms with E-state index in [2.05, 4.69) is 15.6 Å². The number of ketones is 1. The zero-order valence-corrected chi connectivity index (χ0v) is 28.6. The van der Waals surface area contributed by atoms with Gasteiger partial charge in [-0.05, 0) is 95.3 Å². The Morgan fingerprint density at radius 1 is 1.00 bits per heavy atom. The summed E-state index contributed by atoms with van der Waals surface area (Å²) in [7, 11) is 1.49. The Morgan fingerprint density at radius 3 is 2.37 bits per heavy atom. The van der Waals surface area contributed by atoms with Crippen LogP contribution in [0.5, 0.6) is 0 Å². The van der Waals surface area contributed by atoms with Crippen molar-refractivity contribution in [2.75, 3.05) is 29.2 Å². The summed E-state index contributed by atoms with van der Waals surface area (Å²) >= 11 is 0. The fourth-order valence-corrected chi connectivity index (χ4v) is 5.08. The minimum atomic E-state index is -4.79. The lowest BCUT2D eigenvalue weighted by molar-refractivity contribution is -0.169. The summed E-state index contributed by atoms with van der Waals surface area (Å²) < 4.78 is 59.5. The second-order valence-electron chi connectivity index (χ2n) is 13.1. The molecule has 1 aliphatic heterocycles. The highest BCUT2D eigenvalue weighted by molar-refractivity contribution is 6.12. The van der Waals surface area contributed by atoms with Crippen LogP contribution in [0.25, 0.3) is 11.1 Å². The molecule has 0 spiro atoms. The summed E-state index contributed by atoms with van der Waals surface area (Å²) in [6, 6.07) is 11.9. The Hall–Kier alpha value is -4.49. The molecule has 49 heavy (non-hydrogen) atoms. The van der Waals surface area contributed by atoms with Crippen molar-refractivity contribution >= 4 is 34.8 Å². The van der Waals surface area contributed by atoms with Gasteiger partial charge in [-0.3, -0.25) is 19.9 Å². The highest BCUT2D eigenvalue weighted by atomic mass is 19.4. The number of amides is 2. The molecule has 4 rings (SSSR count). The number of ether oxygens (including phenoxy) is 3. The maximum absolute atomic E-state index is 14.2. The lowest BCUT2D eigenvalue weighted by Gasteiger charge is -2.29. The lowest BCUT2D eigenvalue weighted by Crippen LogP contribution is -2.30. The van der Waals surface area contributed by atoms with Gasteiger partial charge in [-0.2, -0.15) is 13.2 Å². The molecule has 0 bridgehead atoms. The molecule has 0 radical (unpaired) electrons. The van der Waals surface area contributed by atoms with E-state index in [9.17, 15) is 27.6 Å². The van der Waals surface area contributed by atoms with E-state index in [1.54, 1.807) is 65.1 Å². The van der Waals surface area contributed by atoms with Crippen molar-refractivity contribution in [3.8, 4) is 11.1 Å². The molecular weight excluding hydrogens is 641 g/mol. The molecule has 1 saturated heterocycles. The van der Waals surface area contributed by atoms with E-state index in [4.69, 9.17) is 14.2 Å². The average molecular weight is 685 g/mol. The van der Waals surface area contributed by atoms with Crippen molar-refractivity contribution in [1.82, 2.24) is 4.98 Å². The van der Waals surface area contributed by atoms with Crippen LogP contribution >= 0.6 is 0 Å². The molecule has 2 N–H and O–H groups in total. The Morgan fingerprint density at radius 2 is 1.71 bits per heavy atom. The third-order valence-corrected chi connectivity index (χ3v) is 7.72. The SMILES string of the molecule is CC(C)N(C)c1cc(NC(=O)OC(C)(C)C)c(NC(=O)CC(=O)c2cccc(-c3ccnc(COC4CCCCO4)c3)c2)cc1C(F)(F)F. The average Bonchev–Trinajstić information content (AvgIpc) is 3.03. The fourth-order valence-electron chi connectivity index (χ4n) is 5.08. The molecule has 10 nitrogen and oxygen atoms in total. The number of halogens is 3. The summed E-state index contributed by atoms with van der Waals surface area (Å²) in [5.74, 6) is -1.42. The minimum Gasteiger partial charge on any atom is -0.444 e. The number of Topliss-reactive ketones (excluding diaryl/α,β-unsaturated/α-hetero) is 1. The molecule has 264 valence electrons. The summed E-state index contributed by atoms with van der Waals surface area (Å²) in [5.41, 5.74) is -0.205. The summed E-state index contributed by atoms with van der Waals surface area (Å²) in [4.78, 5) is 44.8. The molecule has 3 aromatic rings. The van der Waals surface area contributed by atoms with Gasteiger partial charge in [-0.1, -0.05) is 18.2 Å². The first-order chi connectivity index (χ1) is 23.0. The summed E-state index contributed by atoms with van der Waals surface area (Å²) in [5, 5.41) is 4.85. The number of hydrogen-bond donors (Lipinski definition) is 2. The monoisotopic (exact) mass is 684 g/mol. The molecule has 1 unspecified atom stereocenters. The number of aromatic nitrogens is 1. The quantitative estimate of drug-likeness (QED) is 0.153. The zero-order valence-electron chi connectivity index (χ0n) is 28.6. The molecule has 1 aliphatic rings.